The molecule has 1 fully saturated rings. The van der Waals surface area contributed by atoms with Crippen molar-refractivity contribution in [3.63, 3.8) is 0 Å². The highest BCUT2D eigenvalue weighted by molar-refractivity contribution is 6.36. The summed E-state index contributed by atoms with van der Waals surface area (Å²) in [6, 6.07) is 4.64. The number of H-pyrrole nitrogens is 1. The number of anilines is 3. The van der Waals surface area contributed by atoms with Crippen LogP contribution in [0.15, 0.2) is 23.0 Å². The van der Waals surface area contributed by atoms with Crippen molar-refractivity contribution in [1.29, 1.82) is 0 Å². The van der Waals surface area contributed by atoms with Gasteiger partial charge in [-0.15, -0.1) is 0 Å². The van der Waals surface area contributed by atoms with Crippen molar-refractivity contribution in [2.24, 2.45) is 0 Å². The molecular weight excluding hydrogens is 405 g/mol. The molecule has 0 saturated carbocycles. The topological polar surface area (TPSA) is 107 Å². The summed E-state index contributed by atoms with van der Waals surface area (Å²) in [5.74, 6) is -1.33. The highest BCUT2D eigenvalue weighted by Crippen LogP contribution is 2.32. The van der Waals surface area contributed by atoms with Gasteiger partial charge >= 0.3 is 0 Å². The minimum Gasteiger partial charge on any atom is -0.342 e. The number of carbonyl (C=O) groups excluding carboxylic acids is 2. The lowest BCUT2D eigenvalue weighted by atomic mass is 9.92. The predicted molar refractivity (Wildman–Crippen MR) is 107 cm³/mol. The van der Waals surface area contributed by atoms with Crippen LogP contribution in [0.5, 0.6) is 0 Å². The molecule has 1 aromatic heterocycles. The van der Waals surface area contributed by atoms with E-state index in [0.29, 0.717) is 16.7 Å². The van der Waals surface area contributed by atoms with Gasteiger partial charge in [0.15, 0.2) is 0 Å². The Kier molecular flexibility index (Phi) is 4.99. The summed E-state index contributed by atoms with van der Waals surface area (Å²) < 4.78 is 0. The molecule has 146 valence electrons. The Morgan fingerprint density at radius 3 is 2.68 bits per heavy atom. The first-order chi connectivity index (χ1) is 13.4. The second-order valence-corrected chi connectivity index (χ2v) is 7.61. The quantitative estimate of drug-likeness (QED) is 0.705. The molecule has 10 heteroatoms. The second-order valence-electron chi connectivity index (χ2n) is 6.76. The Labute approximate surface area is 170 Å². The van der Waals surface area contributed by atoms with Gasteiger partial charge in [0.2, 0.25) is 17.8 Å². The Bertz CT molecular complexity index is 1020. The van der Waals surface area contributed by atoms with Crippen LogP contribution in [0, 0.1) is 0 Å². The smallest absolute Gasteiger partial charge is 0.258 e. The van der Waals surface area contributed by atoms with Crippen LogP contribution in [0.2, 0.25) is 10.0 Å². The number of aromatic nitrogens is 2. The summed E-state index contributed by atoms with van der Waals surface area (Å²) in [6.07, 6.45) is 1.87. The number of halogens is 2. The summed E-state index contributed by atoms with van der Waals surface area (Å²) in [7, 11) is 0. The molecule has 0 unspecified atom stereocenters. The van der Waals surface area contributed by atoms with Gasteiger partial charge in [-0.1, -0.05) is 23.2 Å². The van der Waals surface area contributed by atoms with Crippen LogP contribution in [-0.4, -0.2) is 34.9 Å². The van der Waals surface area contributed by atoms with E-state index in [-0.39, 0.29) is 28.7 Å². The molecule has 4 rings (SSSR count). The summed E-state index contributed by atoms with van der Waals surface area (Å²) >= 11 is 12.0. The van der Waals surface area contributed by atoms with Gasteiger partial charge < -0.3 is 15.5 Å². The SMILES string of the molecule is O=C1C[C@@H](C(=O)Nc2ccc(Cl)cc2Cl)c2c(nc(N3CCCC3)[nH]c2=O)N1. The van der Waals surface area contributed by atoms with Crippen molar-refractivity contribution in [1.82, 2.24) is 9.97 Å². The zero-order valence-electron chi connectivity index (χ0n) is 14.7. The molecule has 0 bridgehead atoms. The van der Waals surface area contributed by atoms with Crippen LogP contribution >= 0.6 is 23.2 Å². The molecule has 0 radical (unpaired) electrons. The molecule has 0 spiro atoms. The minimum atomic E-state index is -0.973. The fourth-order valence-corrected chi connectivity index (χ4v) is 3.93. The van der Waals surface area contributed by atoms with Gasteiger partial charge in [0, 0.05) is 24.5 Å². The van der Waals surface area contributed by atoms with Crippen molar-refractivity contribution < 1.29 is 9.59 Å². The summed E-state index contributed by atoms with van der Waals surface area (Å²) in [4.78, 5) is 46.8. The number of hydrogen-bond donors (Lipinski definition) is 3. The lowest BCUT2D eigenvalue weighted by Gasteiger charge is -2.25. The third-order valence-corrected chi connectivity index (χ3v) is 5.40. The zero-order chi connectivity index (χ0) is 19.8. The molecule has 0 aliphatic carbocycles. The average Bonchev–Trinajstić information content (AvgIpc) is 3.17. The normalized spacial score (nSPS) is 18.6. The fourth-order valence-electron chi connectivity index (χ4n) is 3.47. The van der Waals surface area contributed by atoms with Crippen molar-refractivity contribution in [3.05, 3.63) is 44.2 Å². The van der Waals surface area contributed by atoms with Crippen LogP contribution < -0.4 is 21.1 Å². The second kappa shape index (κ2) is 7.44. The van der Waals surface area contributed by atoms with E-state index in [0.717, 1.165) is 25.9 Å². The van der Waals surface area contributed by atoms with Crippen LogP contribution in [0.3, 0.4) is 0 Å². The van der Waals surface area contributed by atoms with Crippen LogP contribution in [-0.2, 0) is 9.59 Å². The first kappa shape index (κ1) is 18.8. The molecule has 1 saturated heterocycles. The predicted octanol–water partition coefficient (Wildman–Crippen LogP) is 2.74. The zero-order valence-corrected chi connectivity index (χ0v) is 16.2. The van der Waals surface area contributed by atoms with Gasteiger partial charge in [0.1, 0.15) is 5.82 Å². The number of nitrogens with one attached hydrogen (secondary N) is 3. The van der Waals surface area contributed by atoms with Crippen LogP contribution in [0.1, 0.15) is 30.7 Å². The largest absolute Gasteiger partial charge is 0.342 e. The minimum absolute atomic E-state index is 0.129. The molecule has 28 heavy (non-hydrogen) atoms. The van der Waals surface area contributed by atoms with Crippen molar-refractivity contribution >= 4 is 52.5 Å². The monoisotopic (exact) mass is 421 g/mol. The standard InChI is InChI=1S/C18H17Cl2N5O3/c19-9-3-4-12(11(20)7-9)21-16(27)10-8-13(26)22-15-14(10)17(28)24-18(23-15)25-5-1-2-6-25/h3-4,7,10H,1-2,5-6,8H2,(H,21,27)(H2,22,23,24,26,28)/t10-/m1/s1. The summed E-state index contributed by atoms with van der Waals surface area (Å²) in [5, 5.41) is 5.97. The molecule has 3 heterocycles. The Hall–Kier alpha value is -2.58. The molecule has 1 aromatic carbocycles. The van der Waals surface area contributed by atoms with Gasteiger partial charge in [-0.3, -0.25) is 19.4 Å². The number of amides is 2. The van der Waals surface area contributed by atoms with E-state index in [1.54, 1.807) is 12.1 Å². The van der Waals surface area contributed by atoms with Crippen LogP contribution in [0.4, 0.5) is 17.5 Å². The molecule has 8 nitrogen and oxygen atoms in total. The fraction of sp³-hybridized carbons (Fsp3) is 0.333. The van der Waals surface area contributed by atoms with E-state index in [4.69, 9.17) is 23.2 Å². The summed E-state index contributed by atoms with van der Waals surface area (Å²) in [5.41, 5.74) is 0.0565. The van der Waals surface area contributed by atoms with E-state index in [9.17, 15) is 14.4 Å². The third kappa shape index (κ3) is 3.57. The van der Waals surface area contributed by atoms with Crippen molar-refractivity contribution in [2.75, 3.05) is 28.6 Å². The van der Waals surface area contributed by atoms with E-state index in [1.807, 2.05) is 4.90 Å². The number of carbonyl (C=O) groups is 2. The van der Waals surface area contributed by atoms with E-state index >= 15 is 0 Å². The Morgan fingerprint density at radius 2 is 1.96 bits per heavy atom. The van der Waals surface area contributed by atoms with E-state index in [2.05, 4.69) is 20.6 Å². The Morgan fingerprint density at radius 1 is 1.21 bits per heavy atom. The molecular formula is C18H17Cl2N5O3. The number of rotatable bonds is 3. The first-order valence-electron chi connectivity index (χ1n) is 8.87. The molecule has 2 aromatic rings. The molecule has 2 aliphatic rings. The van der Waals surface area contributed by atoms with Crippen LogP contribution in [0.25, 0.3) is 0 Å². The molecule has 1 atom stereocenters. The van der Waals surface area contributed by atoms with Crippen molar-refractivity contribution in [3.8, 4) is 0 Å². The molecule has 2 amide bonds. The first-order valence-corrected chi connectivity index (χ1v) is 9.63. The van der Waals surface area contributed by atoms with Gasteiger partial charge in [-0.05, 0) is 31.0 Å². The highest BCUT2D eigenvalue weighted by Gasteiger charge is 2.35. The van der Waals surface area contributed by atoms with Crippen molar-refractivity contribution in [2.45, 2.75) is 25.2 Å². The molecule has 3 N–H and O–H groups in total. The Balaban J connectivity index is 1.66. The van der Waals surface area contributed by atoms with Gasteiger partial charge in [0.25, 0.3) is 5.56 Å². The lowest BCUT2D eigenvalue weighted by molar-refractivity contribution is -0.123. The maximum Gasteiger partial charge on any atom is 0.258 e. The van der Waals surface area contributed by atoms with E-state index in [1.165, 1.54) is 6.07 Å². The molecule has 2 aliphatic heterocycles. The average molecular weight is 422 g/mol. The van der Waals surface area contributed by atoms with E-state index < -0.39 is 17.4 Å². The number of aromatic amines is 1. The van der Waals surface area contributed by atoms with Gasteiger partial charge in [-0.25, -0.2) is 0 Å². The third-order valence-electron chi connectivity index (χ3n) is 4.85. The van der Waals surface area contributed by atoms with Gasteiger partial charge in [0.05, 0.1) is 22.2 Å². The lowest BCUT2D eigenvalue weighted by Crippen LogP contribution is -2.37. The summed E-state index contributed by atoms with van der Waals surface area (Å²) in [6.45, 7) is 1.57. The number of nitrogens with zero attached hydrogens (tertiary/aromatic N) is 2. The highest BCUT2D eigenvalue weighted by atomic mass is 35.5. The number of hydrogen-bond acceptors (Lipinski definition) is 5. The maximum atomic E-state index is 12.8. The number of fused-ring (bicyclic) bond motifs is 1. The number of benzene rings is 1. The van der Waals surface area contributed by atoms with Gasteiger partial charge in [-0.2, -0.15) is 4.98 Å². The maximum absolute atomic E-state index is 12.8.